The zero-order valence-corrected chi connectivity index (χ0v) is 12.7. The highest BCUT2D eigenvalue weighted by Crippen LogP contribution is 2.31. The molecule has 1 aliphatic heterocycles. The Balaban J connectivity index is 0.00000180. The topological polar surface area (TPSA) is 80.0 Å². The maximum Gasteiger partial charge on any atom is 0.220 e. The van der Waals surface area contributed by atoms with Crippen LogP contribution in [0.1, 0.15) is 13.8 Å². The Bertz CT molecular complexity index is 533. The molecule has 1 aromatic carbocycles. The van der Waals surface area contributed by atoms with E-state index in [1.807, 2.05) is 13.8 Å². The van der Waals surface area contributed by atoms with E-state index in [2.05, 4.69) is 9.98 Å². The van der Waals surface area contributed by atoms with Gasteiger partial charge in [0.1, 0.15) is 5.66 Å². The number of hydrogen-bond acceptors (Lipinski definition) is 5. The van der Waals surface area contributed by atoms with Crippen LogP contribution in [0.25, 0.3) is 0 Å². The monoisotopic (exact) mass is 321 g/mol. The predicted molar refractivity (Wildman–Crippen MR) is 83.5 cm³/mol. The maximum absolute atomic E-state index is 5.99. The van der Waals surface area contributed by atoms with Crippen LogP contribution in [0.2, 0.25) is 10.0 Å². The molecular weight excluding hydrogens is 309 g/mol. The van der Waals surface area contributed by atoms with E-state index in [1.54, 1.807) is 23.1 Å². The fourth-order valence-electron chi connectivity index (χ4n) is 1.92. The van der Waals surface area contributed by atoms with Gasteiger partial charge >= 0.3 is 0 Å². The molecule has 0 aromatic heterocycles. The molecule has 0 atom stereocenters. The highest BCUT2D eigenvalue weighted by Gasteiger charge is 2.33. The van der Waals surface area contributed by atoms with Crippen molar-refractivity contribution >= 4 is 53.2 Å². The summed E-state index contributed by atoms with van der Waals surface area (Å²) in [6, 6.07) is 5.14. The number of rotatable bonds is 1. The Morgan fingerprint density at radius 3 is 2.11 bits per heavy atom. The van der Waals surface area contributed by atoms with Crippen LogP contribution in [0.3, 0.4) is 0 Å². The molecule has 0 saturated carbocycles. The lowest BCUT2D eigenvalue weighted by molar-refractivity contribution is 0.534. The average Bonchev–Trinajstić information content (AvgIpc) is 2.11. The van der Waals surface area contributed by atoms with Crippen molar-refractivity contribution in [2.24, 2.45) is 21.5 Å². The van der Waals surface area contributed by atoms with Gasteiger partial charge in [-0.25, -0.2) is 4.99 Å². The van der Waals surface area contributed by atoms with E-state index >= 15 is 0 Å². The normalized spacial score (nSPS) is 17.4. The summed E-state index contributed by atoms with van der Waals surface area (Å²) >= 11 is 12.0. The Morgan fingerprint density at radius 2 is 1.63 bits per heavy atom. The van der Waals surface area contributed by atoms with Crippen molar-refractivity contribution in [3.63, 3.8) is 0 Å². The van der Waals surface area contributed by atoms with Crippen LogP contribution in [-0.2, 0) is 0 Å². The number of aliphatic imine (C=N–C) groups is 2. The lowest BCUT2D eigenvalue weighted by Gasteiger charge is -2.38. The number of benzene rings is 1. The molecule has 4 N–H and O–H groups in total. The van der Waals surface area contributed by atoms with Gasteiger partial charge in [-0.3, -0.25) is 4.90 Å². The van der Waals surface area contributed by atoms with Gasteiger partial charge in [-0.15, -0.1) is 12.4 Å². The second kappa shape index (κ2) is 5.45. The molecule has 0 aliphatic carbocycles. The molecule has 0 saturated heterocycles. The smallest absolute Gasteiger partial charge is 0.220 e. The van der Waals surface area contributed by atoms with E-state index in [1.165, 1.54) is 0 Å². The maximum atomic E-state index is 5.99. The molecule has 0 spiro atoms. The minimum atomic E-state index is -0.649. The number of guanidine groups is 2. The van der Waals surface area contributed by atoms with Crippen molar-refractivity contribution in [1.29, 1.82) is 0 Å². The standard InChI is InChI=1S/C11H13Cl2N5.ClH/c1-11(2)17-9(14)16-10(15)18(11)8-4-6(12)3-7(13)5-8;/h3-5H,1-2H3,(H4,14,15,16,17);1H. The molecule has 0 amide bonds. The van der Waals surface area contributed by atoms with Crippen molar-refractivity contribution in [3.05, 3.63) is 28.2 Å². The summed E-state index contributed by atoms with van der Waals surface area (Å²) in [4.78, 5) is 9.93. The van der Waals surface area contributed by atoms with E-state index in [-0.39, 0.29) is 24.3 Å². The van der Waals surface area contributed by atoms with Crippen LogP contribution in [0.4, 0.5) is 5.69 Å². The summed E-state index contributed by atoms with van der Waals surface area (Å²) in [7, 11) is 0. The molecule has 104 valence electrons. The first kappa shape index (κ1) is 15.9. The van der Waals surface area contributed by atoms with Crippen molar-refractivity contribution in [3.8, 4) is 0 Å². The molecule has 2 rings (SSSR count). The average molecular weight is 323 g/mol. The van der Waals surface area contributed by atoms with Gasteiger partial charge < -0.3 is 11.5 Å². The molecule has 0 radical (unpaired) electrons. The predicted octanol–water partition coefficient (Wildman–Crippen LogP) is 2.60. The van der Waals surface area contributed by atoms with E-state index in [0.29, 0.717) is 10.0 Å². The fraction of sp³-hybridized carbons (Fsp3) is 0.273. The van der Waals surface area contributed by atoms with Gasteiger partial charge in [0.15, 0.2) is 0 Å². The van der Waals surface area contributed by atoms with Crippen LogP contribution >= 0.6 is 35.6 Å². The molecule has 1 aromatic rings. The van der Waals surface area contributed by atoms with Crippen LogP contribution in [-0.4, -0.2) is 17.6 Å². The van der Waals surface area contributed by atoms with Gasteiger partial charge in [0.25, 0.3) is 0 Å². The second-order valence-electron chi connectivity index (χ2n) is 4.40. The fourth-order valence-corrected chi connectivity index (χ4v) is 2.43. The molecular formula is C11H14Cl3N5. The van der Waals surface area contributed by atoms with E-state index in [0.717, 1.165) is 5.69 Å². The molecule has 1 aliphatic rings. The van der Waals surface area contributed by atoms with Crippen LogP contribution < -0.4 is 16.4 Å². The molecule has 8 heteroatoms. The van der Waals surface area contributed by atoms with Crippen LogP contribution in [0.15, 0.2) is 28.2 Å². The van der Waals surface area contributed by atoms with Gasteiger partial charge in [-0.2, -0.15) is 4.99 Å². The third-order valence-corrected chi connectivity index (χ3v) is 2.94. The first-order valence-corrected chi connectivity index (χ1v) is 6.01. The summed E-state index contributed by atoms with van der Waals surface area (Å²) in [5.41, 5.74) is 11.6. The number of hydrogen-bond donors (Lipinski definition) is 2. The van der Waals surface area contributed by atoms with Crippen LogP contribution in [0, 0.1) is 0 Å². The molecule has 5 nitrogen and oxygen atoms in total. The van der Waals surface area contributed by atoms with Gasteiger partial charge in [0.05, 0.1) is 0 Å². The van der Waals surface area contributed by atoms with E-state index < -0.39 is 5.66 Å². The van der Waals surface area contributed by atoms with Crippen molar-refractivity contribution in [2.45, 2.75) is 19.5 Å². The first-order valence-electron chi connectivity index (χ1n) is 5.25. The first-order chi connectivity index (χ1) is 8.29. The van der Waals surface area contributed by atoms with Crippen molar-refractivity contribution < 1.29 is 0 Å². The molecule has 0 bridgehead atoms. The van der Waals surface area contributed by atoms with Gasteiger partial charge in [-0.05, 0) is 32.0 Å². The Labute approximate surface area is 127 Å². The number of anilines is 1. The molecule has 0 fully saturated rings. The highest BCUT2D eigenvalue weighted by atomic mass is 35.5. The van der Waals surface area contributed by atoms with E-state index in [9.17, 15) is 0 Å². The van der Waals surface area contributed by atoms with Gasteiger partial charge in [0.2, 0.25) is 11.9 Å². The summed E-state index contributed by atoms with van der Waals surface area (Å²) in [6.45, 7) is 3.74. The Morgan fingerprint density at radius 1 is 1.11 bits per heavy atom. The molecule has 1 heterocycles. The summed E-state index contributed by atoms with van der Waals surface area (Å²) in [6.07, 6.45) is 0. The SMILES string of the molecule is CC1(C)N=C(N)N=C(N)N1c1cc(Cl)cc(Cl)c1.Cl. The van der Waals surface area contributed by atoms with E-state index in [4.69, 9.17) is 34.7 Å². The van der Waals surface area contributed by atoms with Gasteiger partial charge in [-0.1, -0.05) is 23.2 Å². The second-order valence-corrected chi connectivity index (χ2v) is 5.27. The lowest BCUT2D eigenvalue weighted by atomic mass is 10.1. The van der Waals surface area contributed by atoms with Crippen molar-refractivity contribution in [2.75, 3.05) is 4.90 Å². The lowest BCUT2D eigenvalue weighted by Crippen LogP contribution is -2.54. The zero-order valence-electron chi connectivity index (χ0n) is 10.4. The summed E-state index contributed by atoms with van der Waals surface area (Å²) in [5.74, 6) is 0.410. The van der Waals surface area contributed by atoms with Crippen LogP contribution in [0.5, 0.6) is 0 Å². The number of halogens is 3. The minimum Gasteiger partial charge on any atom is -0.369 e. The Kier molecular flexibility index (Phi) is 4.55. The summed E-state index contributed by atoms with van der Waals surface area (Å²) < 4.78 is 0. The largest absolute Gasteiger partial charge is 0.369 e. The number of nitrogens with two attached hydrogens (primary N) is 2. The number of nitrogens with zero attached hydrogens (tertiary/aromatic N) is 3. The Hall–Kier alpha value is -1.17. The van der Waals surface area contributed by atoms with Crippen molar-refractivity contribution in [1.82, 2.24) is 0 Å². The third kappa shape index (κ3) is 3.23. The molecule has 19 heavy (non-hydrogen) atoms. The van der Waals surface area contributed by atoms with Gasteiger partial charge in [0, 0.05) is 15.7 Å². The zero-order chi connectivity index (χ0) is 13.5. The summed E-state index contributed by atoms with van der Waals surface area (Å²) in [5, 5.41) is 1.03. The quantitative estimate of drug-likeness (QED) is 0.834. The molecule has 0 unspecified atom stereocenters. The highest BCUT2D eigenvalue weighted by molar-refractivity contribution is 6.35. The minimum absolute atomic E-state index is 0. The third-order valence-electron chi connectivity index (χ3n) is 2.50.